The van der Waals surface area contributed by atoms with Crippen molar-refractivity contribution in [3.8, 4) is 0 Å². The molecule has 1 N–H and O–H groups in total. The van der Waals surface area contributed by atoms with Gasteiger partial charge in [0.25, 0.3) is 0 Å². The van der Waals surface area contributed by atoms with Crippen LogP contribution in [-0.2, 0) is 6.42 Å². The monoisotopic (exact) mass is 291 g/mol. The molecule has 1 aromatic carbocycles. The average molecular weight is 292 g/mol. The first kappa shape index (κ1) is 13.6. The van der Waals surface area contributed by atoms with Gasteiger partial charge in [-0.25, -0.2) is 0 Å². The Balaban J connectivity index is 1.72. The second-order valence-electron chi connectivity index (χ2n) is 5.39. The summed E-state index contributed by atoms with van der Waals surface area (Å²) in [4.78, 5) is 4.54. The Bertz CT molecular complexity index is 584. The molecule has 20 heavy (non-hydrogen) atoms. The Morgan fingerprint density at radius 3 is 3.05 bits per heavy atom. The van der Waals surface area contributed by atoms with Crippen LogP contribution >= 0.6 is 11.6 Å². The predicted molar refractivity (Wildman–Crippen MR) is 78.0 cm³/mol. The Morgan fingerprint density at radius 1 is 1.40 bits per heavy atom. The summed E-state index contributed by atoms with van der Waals surface area (Å²) in [7, 11) is 0. The van der Waals surface area contributed by atoms with E-state index in [0.29, 0.717) is 24.2 Å². The third-order valence-electron chi connectivity index (χ3n) is 3.76. The summed E-state index contributed by atoms with van der Waals surface area (Å²) < 4.78 is 5.43. The maximum Gasteiger partial charge on any atom is 0.229 e. The van der Waals surface area contributed by atoms with Gasteiger partial charge in [0.2, 0.25) is 5.89 Å². The summed E-state index contributed by atoms with van der Waals surface area (Å²) in [6.45, 7) is 3.20. The van der Waals surface area contributed by atoms with Crippen molar-refractivity contribution >= 4 is 11.6 Å². The van der Waals surface area contributed by atoms with Crippen molar-refractivity contribution in [2.24, 2.45) is 0 Å². The van der Waals surface area contributed by atoms with Gasteiger partial charge in [-0.2, -0.15) is 4.98 Å². The van der Waals surface area contributed by atoms with Crippen molar-refractivity contribution in [3.05, 3.63) is 46.6 Å². The normalized spacial score (nSPS) is 22.9. The summed E-state index contributed by atoms with van der Waals surface area (Å²) in [6.07, 6.45) is 2.72. The number of halogens is 1. The van der Waals surface area contributed by atoms with Gasteiger partial charge in [0.1, 0.15) is 0 Å². The Kier molecular flexibility index (Phi) is 4.03. The minimum absolute atomic E-state index is 0.374. The molecule has 2 heterocycles. The molecule has 0 amide bonds. The first-order chi connectivity index (χ1) is 9.72. The van der Waals surface area contributed by atoms with Gasteiger partial charge in [-0.15, -0.1) is 0 Å². The average Bonchev–Trinajstić information content (AvgIpc) is 2.90. The SMILES string of the molecule is C[C@H]1C[C@@H](c2nc(Cc3ccccc3Cl)no2)CCN1. The van der Waals surface area contributed by atoms with Crippen LogP contribution < -0.4 is 5.32 Å². The summed E-state index contributed by atoms with van der Waals surface area (Å²) in [5.41, 5.74) is 1.03. The highest BCUT2D eigenvalue weighted by Gasteiger charge is 2.24. The van der Waals surface area contributed by atoms with Gasteiger partial charge in [0, 0.05) is 23.4 Å². The smallest absolute Gasteiger partial charge is 0.229 e. The standard InChI is InChI=1S/C15H18ClN3O/c1-10-8-12(6-7-17-10)15-18-14(19-20-15)9-11-4-2-3-5-13(11)16/h2-5,10,12,17H,6-9H2,1H3/t10-,12-/m0/s1. The molecule has 3 rings (SSSR count). The Morgan fingerprint density at radius 2 is 2.25 bits per heavy atom. The van der Waals surface area contributed by atoms with Crippen LogP contribution in [0.5, 0.6) is 0 Å². The number of rotatable bonds is 3. The molecule has 1 aromatic heterocycles. The van der Waals surface area contributed by atoms with E-state index in [0.717, 1.165) is 35.9 Å². The molecule has 2 aromatic rings. The van der Waals surface area contributed by atoms with Crippen molar-refractivity contribution in [2.75, 3.05) is 6.54 Å². The minimum atomic E-state index is 0.374. The van der Waals surface area contributed by atoms with Crippen molar-refractivity contribution in [2.45, 2.75) is 38.1 Å². The molecule has 1 aliphatic rings. The fourth-order valence-electron chi connectivity index (χ4n) is 2.67. The number of aromatic nitrogens is 2. The molecular weight excluding hydrogens is 274 g/mol. The molecule has 1 saturated heterocycles. The summed E-state index contributed by atoms with van der Waals surface area (Å²) in [5.74, 6) is 1.85. The molecule has 0 saturated carbocycles. The summed E-state index contributed by atoms with van der Waals surface area (Å²) >= 11 is 6.15. The van der Waals surface area contributed by atoms with E-state index in [1.54, 1.807) is 0 Å². The van der Waals surface area contributed by atoms with Gasteiger partial charge < -0.3 is 9.84 Å². The van der Waals surface area contributed by atoms with Gasteiger partial charge >= 0.3 is 0 Å². The van der Waals surface area contributed by atoms with Gasteiger partial charge in [-0.3, -0.25) is 0 Å². The van der Waals surface area contributed by atoms with Gasteiger partial charge in [0.05, 0.1) is 0 Å². The summed E-state index contributed by atoms with van der Waals surface area (Å²) in [6, 6.07) is 8.27. The molecule has 1 fully saturated rings. The largest absolute Gasteiger partial charge is 0.339 e. The van der Waals surface area contributed by atoms with Crippen LogP contribution in [-0.4, -0.2) is 22.7 Å². The van der Waals surface area contributed by atoms with Crippen LogP contribution in [0.15, 0.2) is 28.8 Å². The van der Waals surface area contributed by atoms with Crippen molar-refractivity contribution in [1.82, 2.24) is 15.5 Å². The zero-order chi connectivity index (χ0) is 13.9. The van der Waals surface area contributed by atoms with Crippen molar-refractivity contribution in [3.63, 3.8) is 0 Å². The molecule has 0 radical (unpaired) electrons. The van der Waals surface area contributed by atoms with Crippen molar-refractivity contribution in [1.29, 1.82) is 0 Å². The van der Waals surface area contributed by atoms with Crippen LogP contribution in [0.4, 0.5) is 0 Å². The lowest BCUT2D eigenvalue weighted by Gasteiger charge is -2.25. The van der Waals surface area contributed by atoms with Crippen molar-refractivity contribution < 1.29 is 4.52 Å². The van der Waals surface area contributed by atoms with Crippen LogP contribution in [0.25, 0.3) is 0 Å². The third-order valence-corrected chi connectivity index (χ3v) is 4.13. The Labute approximate surface area is 123 Å². The third kappa shape index (κ3) is 3.02. The molecule has 0 bridgehead atoms. The maximum absolute atomic E-state index is 6.15. The molecule has 0 unspecified atom stereocenters. The van der Waals surface area contributed by atoms with Gasteiger partial charge in [-0.05, 0) is 37.9 Å². The van der Waals surface area contributed by atoms with Crippen LogP contribution in [0.2, 0.25) is 5.02 Å². The number of hydrogen-bond donors (Lipinski definition) is 1. The quantitative estimate of drug-likeness (QED) is 0.944. The predicted octanol–water partition coefficient (Wildman–Crippen LogP) is 3.17. The zero-order valence-electron chi connectivity index (χ0n) is 11.5. The number of benzene rings is 1. The molecule has 4 nitrogen and oxygen atoms in total. The lowest BCUT2D eigenvalue weighted by atomic mass is 9.93. The number of nitrogens with one attached hydrogen (secondary N) is 1. The topological polar surface area (TPSA) is 51.0 Å². The number of piperidine rings is 1. The lowest BCUT2D eigenvalue weighted by Crippen LogP contribution is -2.34. The van der Waals surface area contributed by atoms with E-state index < -0.39 is 0 Å². The molecule has 0 aliphatic carbocycles. The second kappa shape index (κ2) is 5.94. The highest BCUT2D eigenvalue weighted by atomic mass is 35.5. The zero-order valence-corrected chi connectivity index (χ0v) is 12.2. The fourth-order valence-corrected chi connectivity index (χ4v) is 2.88. The highest BCUT2D eigenvalue weighted by Crippen LogP contribution is 2.27. The summed E-state index contributed by atoms with van der Waals surface area (Å²) in [5, 5.41) is 8.26. The van der Waals surface area contributed by atoms with E-state index in [-0.39, 0.29) is 0 Å². The number of nitrogens with zero attached hydrogens (tertiary/aromatic N) is 2. The number of hydrogen-bond acceptors (Lipinski definition) is 4. The molecule has 1 aliphatic heterocycles. The first-order valence-electron chi connectivity index (χ1n) is 7.01. The molecule has 0 spiro atoms. The second-order valence-corrected chi connectivity index (χ2v) is 5.80. The van der Waals surface area contributed by atoms with Crippen LogP contribution in [0, 0.1) is 0 Å². The molecule has 2 atom stereocenters. The van der Waals surface area contributed by atoms with Gasteiger partial charge in [0.15, 0.2) is 5.82 Å². The van der Waals surface area contributed by atoms with Gasteiger partial charge in [-0.1, -0.05) is 35.0 Å². The van der Waals surface area contributed by atoms with Crippen LogP contribution in [0.3, 0.4) is 0 Å². The lowest BCUT2D eigenvalue weighted by molar-refractivity contribution is 0.294. The van der Waals surface area contributed by atoms with Crippen LogP contribution in [0.1, 0.15) is 43.0 Å². The van der Waals surface area contributed by atoms with E-state index in [4.69, 9.17) is 16.1 Å². The van der Waals surface area contributed by atoms with E-state index in [9.17, 15) is 0 Å². The fraction of sp³-hybridized carbons (Fsp3) is 0.467. The Hall–Kier alpha value is -1.39. The maximum atomic E-state index is 6.15. The first-order valence-corrected chi connectivity index (χ1v) is 7.39. The van der Waals surface area contributed by atoms with E-state index in [2.05, 4.69) is 22.4 Å². The molecular formula is C15H18ClN3O. The van der Waals surface area contributed by atoms with E-state index in [1.165, 1.54) is 0 Å². The molecule has 5 heteroatoms. The highest BCUT2D eigenvalue weighted by molar-refractivity contribution is 6.31. The van der Waals surface area contributed by atoms with E-state index in [1.807, 2.05) is 24.3 Å². The minimum Gasteiger partial charge on any atom is -0.339 e. The molecule has 106 valence electrons. The van der Waals surface area contributed by atoms with E-state index >= 15 is 0 Å².